The van der Waals surface area contributed by atoms with Crippen molar-refractivity contribution in [2.24, 2.45) is 5.92 Å². The molecule has 5 N–H and O–H groups in total. The molecule has 2 rings (SSSR count). The van der Waals surface area contributed by atoms with Gasteiger partial charge in [-0.2, -0.15) is 0 Å². The van der Waals surface area contributed by atoms with E-state index in [4.69, 9.17) is 14.2 Å². The first-order valence-corrected chi connectivity index (χ1v) is 14.3. The van der Waals surface area contributed by atoms with E-state index in [1.54, 1.807) is 18.9 Å². The molecule has 2 aliphatic heterocycles. The van der Waals surface area contributed by atoms with Gasteiger partial charge in [-0.05, 0) is 32.1 Å². The third kappa shape index (κ3) is 13.2. The summed E-state index contributed by atoms with van der Waals surface area (Å²) in [7, 11) is 1.60. The van der Waals surface area contributed by atoms with E-state index >= 15 is 0 Å². The number of likely N-dealkylation sites (tertiary alicyclic amines) is 1. The van der Waals surface area contributed by atoms with Gasteiger partial charge in [0, 0.05) is 45.6 Å². The van der Waals surface area contributed by atoms with Gasteiger partial charge in [0.15, 0.2) is 6.29 Å². The van der Waals surface area contributed by atoms with Crippen LogP contribution in [0.15, 0.2) is 0 Å². The number of carbonyl (C=O) groups excluding carboxylic acids is 2. The van der Waals surface area contributed by atoms with Gasteiger partial charge in [0.1, 0.15) is 12.2 Å². The standard InChI is InChI=1S/C25H46N2O9.C2H6.CH4/c1-17-23(32)24(33)20(15-28)36-25(17)35-12-8-4-5-9-21(30)26-11-7-3-6-10-22(31)27-14-19(29)13-18(27)16-34-2;1-2;/h17-20,23-25,28-29,32-33H,3-16H2,1-2H3,(H,26,30);1-2H3;1H4/t17?,18-,19+,20?,23+,24-,25+;;/m0../s1. The lowest BCUT2D eigenvalue weighted by atomic mass is 9.92. The van der Waals surface area contributed by atoms with Crippen LogP contribution < -0.4 is 5.32 Å². The lowest BCUT2D eigenvalue weighted by Gasteiger charge is -2.40. The molecule has 2 aliphatic rings. The summed E-state index contributed by atoms with van der Waals surface area (Å²) < 4.78 is 16.3. The van der Waals surface area contributed by atoms with Crippen LogP contribution >= 0.6 is 0 Å². The average Bonchev–Trinajstić information content (AvgIpc) is 3.29. The summed E-state index contributed by atoms with van der Waals surface area (Å²) in [6.45, 7) is 7.14. The third-order valence-electron chi connectivity index (χ3n) is 6.98. The molecule has 0 aromatic heterocycles. The number of aliphatic hydroxyl groups is 4. The molecule has 2 saturated heterocycles. The van der Waals surface area contributed by atoms with Crippen LogP contribution in [0.3, 0.4) is 0 Å². The minimum Gasteiger partial charge on any atom is -0.394 e. The van der Waals surface area contributed by atoms with Gasteiger partial charge in [-0.25, -0.2) is 0 Å². The number of carbonyl (C=O) groups is 2. The summed E-state index contributed by atoms with van der Waals surface area (Å²) in [6, 6.07) is -0.0481. The minimum atomic E-state index is -1.13. The highest BCUT2D eigenvalue weighted by Gasteiger charge is 2.42. The molecule has 2 heterocycles. The maximum atomic E-state index is 12.4. The number of methoxy groups -OCH3 is 1. The Labute approximate surface area is 235 Å². The Morgan fingerprint density at radius 3 is 2.33 bits per heavy atom. The fourth-order valence-corrected chi connectivity index (χ4v) is 4.76. The number of hydrogen-bond acceptors (Lipinski definition) is 9. The van der Waals surface area contributed by atoms with Crippen LogP contribution in [0.1, 0.15) is 86.0 Å². The summed E-state index contributed by atoms with van der Waals surface area (Å²) in [5, 5.41) is 41.9. The van der Waals surface area contributed by atoms with Crippen molar-refractivity contribution in [3.8, 4) is 0 Å². The van der Waals surface area contributed by atoms with E-state index in [2.05, 4.69) is 5.32 Å². The third-order valence-corrected chi connectivity index (χ3v) is 6.98. The van der Waals surface area contributed by atoms with Crippen LogP contribution in [-0.2, 0) is 23.8 Å². The first kappa shape index (κ1) is 37.7. The number of β-amino-alcohol motifs (C(OH)–C–C–N with tert-alkyl or cyclic N) is 1. The Morgan fingerprint density at radius 2 is 1.67 bits per heavy atom. The minimum absolute atomic E-state index is 0. The first-order chi connectivity index (χ1) is 18.3. The Hall–Kier alpha value is -1.34. The van der Waals surface area contributed by atoms with Gasteiger partial charge >= 0.3 is 0 Å². The van der Waals surface area contributed by atoms with Gasteiger partial charge < -0.3 is 44.9 Å². The first-order valence-electron chi connectivity index (χ1n) is 14.3. The van der Waals surface area contributed by atoms with E-state index in [9.17, 15) is 30.0 Å². The van der Waals surface area contributed by atoms with E-state index in [0.29, 0.717) is 45.6 Å². The van der Waals surface area contributed by atoms with Gasteiger partial charge in [-0.15, -0.1) is 0 Å². The number of hydrogen-bond donors (Lipinski definition) is 5. The molecular weight excluding hydrogens is 508 g/mol. The molecule has 2 amide bonds. The fraction of sp³-hybridized carbons (Fsp3) is 0.929. The number of nitrogens with zero attached hydrogens (tertiary/aromatic N) is 1. The molecule has 0 bridgehead atoms. The van der Waals surface area contributed by atoms with Crippen molar-refractivity contribution in [1.29, 1.82) is 0 Å². The van der Waals surface area contributed by atoms with Gasteiger partial charge in [0.05, 0.1) is 31.5 Å². The molecule has 11 heteroatoms. The molecule has 0 aliphatic carbocycles. The summed E-state index contributed by atoms with van der Waals surface area (Å²) in [4.78, 5) is 26.2. The molecule has 2 fully saturated rings. The molecule has 39 heavy (non-hydrogen) atoms. The zero-order valence-corrected chi connectivity index (χ0v) is 23.7. The van der Waals surface area contributed by atoms with E-state index in [-0.39, 0.29) is 25.3 Å². The molecule has 0 aromatic rings. The van der Waals surface area contributed by atoms with Gasteiger partial charge in [-0.3, -0.25) is 9.59 Å². The van der Waals surface area contributed by atoms with Crippen LogP contribution in [0.4, 0.5) is 0 Å². The Kier molecular flexibility index (Phi) is 20.7. The van der Waals surface area contributed by atoms with E-state index in [1.165, 1.54) is 0 Å². The largest absolute Gasteiger partial charge is 0.394 e. The molecule has 0 radical (unpaired) electrons. The number of rotatable bonds is 16. The van der Waals surface area contributed by atoms with E-state index in [0.717, 1.165) is 38.5 Å². The van der Waals surface area contributed by atoms with Crippen molar-refractivity contribution < 1.29 is 44.2 Å². The van der Waals surface area contributed by atoms with Crippen molar-refractivity contribution in [3.05, 3.63) is 0 Å². The number of aliphatic hydroxyl groups excluding tert-OH is 4. The molecule has 2 unspecified atom stereocenters. The molecule has 11 nitrogen and oxygen atoms in total. The molecule has 0 saturated carbocycles. The monoisotopic (exact) mass is 564 g/mol. The number of ether oxygens (including phenoxy) is 3. The lowest BCUT2D eigenvalue weighted by Crippen LogP contribution is -2.55. The zero-order valence-electron chi connectivity index (χ0n) is 23.7. The van der Waals surface area contributed by atoms with Crippen LogP contribution in [0.5, 0.6) is 0 Å². The zero-order chi connectivity index (χ0) is 28.5. The second-order valence-corrected chi connectivity index (χ2v) is 9.95. The highest BCUT2D eigenvalue weighted by atomic mass is 16.7. The van der Waals surface area contributed by atoms with Crippen molar-refractivity contribution in [3.63, 3.8) is 0 Å². The van der Waals surface area contributed by atoms with Crippen molar-refractivity contribution in [2.75, 3.05) is 40.0 Å². The molecule has 0 spiro atoms. The summed E-state index contributed by atoms with van der Waals surface area (Å²) in [6.07, 6.45) is 1.93. The SMILES string of the molecule is C.CC.COC[C@@H]1C[C@@H](O)CN1C(=O)CCCCCNC(=O)CCCCCO[C@@H]1OC(CO)[C@H](O)[C@H](O)C1C. The quantitative estimate of drug-likeness (QED) is 0.176. The number of nitrogens with one attached hydrogen (secondary N) is 1. The molecule has 232 valence electrons. The van der Waals surface area contributed by atoms with Crippen LogP contribution in [0.25, 0.3) is 0 Å². The van der Waals surface area contributed by atoms with Gasteiger partial charge in [-0.1, -0.05) is 41.0 Å². The second kappa shape index (κ2) is 21.4. The second-order valence-electron chi connectivity index (χ2n) is 9.95. The van der Waals surface area contributed by atoms with Crippen molar-refractivity contribution in [2.45, 2.75) is 123 Å². The molecule has 7 atom stereocenters. The maximum absolute atomic E-state index is 12.4. The highest BCUT2D eigenvalue weighted by molar-refractivity contribution is 5.77. The van der Waals surface area contributed by atoms with Crippen LogP contribution in [-0.4, -0.2) is 114 Å². The Morgan fingerprint density at radius 1 is 1.00 bits per heavy atom. The van der Waals surface area contributed by atoms with Crippen molar-refractivity contribution >= 4 is 11.8 Å². The van der Waals surface area contributed by atoms with E-state index < -0.39 is 43.2 Å². The molecular formula is C28H56N2O9. The normalized spacial score (nSPS) is 28.3. The Bertz CT molecular complexity index is 653. The van der Waals surface area contributed by atoms with Crippen LogP contribution in [0, 0.1) is 5.92 Å². The summed E-state index contributed by atoms with van der Waals surface area (Å²) in [5.41, 5.74) is 0. The predicted molar refractivity (Wildman–Crippen MR) is 149 cm³/mol. The van der Waals surface area contributed by atoms with Crippen LogP contribution in [0.2, 0.25) is 0 Å². The maximum Gasteiger partial charge on any atom is 0.222 e. The number of unbranched alkanes of at least 4 members (excludes halogenated alkanes) is 4. The smallest absolute Gasteiger partial charge is 0.222 e. The van der Waals surface area contributed by atoms with Gasteiger partial charge in [0.2, 0.25) is 11.8 Å². The average molecular weight is 565 g/mol. The Balaban J connectivity index is 0.00000470. The lowest BCUT2D eigenvalue weighted by molar-refractivity contribution is -0.282. The molecule has 0 aromatic carbocycles. The fourth-order valence-electron chi connectivity index (χ4n) is 4.76. The number of amides is 2. The highest BCUT2D eigenvalue weighted by Crippen LogP contribution is 2.27. The summed E-state index contributed by atoms with van der Waals surface area (Å²) in [5.74, 6) is -0.354. The van der Waals surface area contributed by atoms with E-state index in [1.807, 2.05) is 13.8 Å². The topological polar surface area (TPSA) is 158 Å². The van der Waals surface area contributed by atoms with Gasteiger partial charge in [0.25, 0.3) is 0 Å². The van der Waals surface area contributed by atoms with Crippen molar-refractivity contribution in [1.82, 2.24) is 10.2 Å². The predicted octanol–water partition coefficient (Wildman–Crippen LogP) is 1.59. The summed E-state index contributed by atoms with van der Waals surface area (Å²) >= 11 is 0.